The molecular formula is C24H28N2O3. The highest BCUT2D eigenvalue weighted by Crippen LogP contribution is 2.25. The number of nitrogens with zero attached hydrogens (tertiary/aromatic N) is 2. The molecule has 5 heteroatoms. The van der Waals surface area contributed by atoms with Crippen molar-refractivity contribution >= 4 is 17.6 Å². The minimum atomic E-state index is -0.297. The molecule has 2 heterocycles. The van der Waals surface area contributed by atoms with Crippen molar-refractivity contribution in [2.75, 3.05) is 31.1 Å². The van der Waals surface area contributed by atoms with Gasteiger partial charge in [0, 0.05) is 43.3 Å². The SMILES string of the molecule is O=C(c1ccc(N2CCCC2)cc1)C1CCN(C(=O)OCc2ccccc2)CC1. The van der Waals surface area contributed by atoms with E-state index >= 15 is 0 Å². The number of ketones is 1. The van der Waals surface area contributed by atoms with E-state index in [4.69, 9.17) is 4.74 Å². The molecule has 4 rings (SSSR count). The van der Waals surface area contributed by atoms with Crippen molar-refractivity contribution in [1.82, 2.24) is 4.90 Å². The van der Waals surface area contributed by atoms with E-state index in [0.717, 1.165) is 24.2 Å². The van der Waals surface area contributed by atoms with Crippen LogP contribution in [0.2, 0.25) is 0 Å². The van der Waals surface area contributed by atoms with Crippen LogP contribution in [0.3, 0.4) is 0 Å². The first kappa shape index (κ1) is 19.5. The summed E-state index contributed by atoms with van der Waals surface area (Å²) < 4.78 is 5.41. The summed E-state index contributed by atoms with van der Waals surface area (Å²) in [5, 5.41) is 0. The van der Waals surface area contributed by atoms with Crippen molar-refractivity contribution in [2.24, 2.45) is 5.92 Å². The van der Waals surface area contributed by atoms with Crippen molar-refractivity contribution in [1.29, 1.82) is 0 Å². The Labute approximate surface area is 172 Å². The van der Waals surface area contributed by atoms with Gasteiger partial charge in [0.25, 0.3) is 0 Å². The van der Waals surface area contributed by atoms with Gasteiger partial charge in [0.2, 0.25) is 0 Å². The maximum absolute atomic E-state index is 12.9. The largest absolute Gasteiger partial charge is 0.445 e. The number of piperidine rings is 1. The molecule has 0 aliphatic carbocycles. The molecule has 2 aliphatic rings. The van der Waals surface area contributed by atoms with Gasteiger partial charge in [-0.3, -0.25) is 4.79 Å². The van der Waals surface area contributed by atoms with Crippen LogP contribution in [0.1, 0.15) is 41.6 Å². The molecule has 0 aromatic heterocycles. The lowest BCUT2D eigenvalue weighted by molar-refractivity contribution is 0.0713. The van der Waals surface area contributed by atoms with E-state index in [2.05, 4.69) is 17.0 Å². The Bertz CT molecular complexity index is 821. The van der Waals surface area contributed by atoms with Gasteiger partial charge in [-0.15, -0.1) is 0 Å². The van der Waals surface area contributed by atoms with Crippen LogP contribution in [0, 0.1) is 5.92 Å². The molecule has 0 spiro atoms. The number of ether oxygens (including phenoxy) is 1. The Morgan fingerprint density at radius 1 is 0.862 bits per heavy atom. The zero-order valence-corrected chi connectivity index (χ0v) is 16.8. The quantitative estimate of drug-likeness (QED) is 0.702. The minimum Gasteiger partial charge on any atom is -0.445 e. The molecule has 2 aromatic rings. The lowest BCUT2D eigenvalue weighted by Crippen LogP contribution is -2.40. The topological polar surface area (TPSA) is 49.9 Å². The van der Waals surface area contributed by atoms with E-state index in [0.29, 0.717) is 25.9 Å². The molecule has 2 saturated heterocycles. The molecule has 152 valence electrons. The average Bonchev–Trinajstić information content (AvgIpc) is 3.33. The van der Waals surface area contributed by atoms with Gasteiger partial charge in [0.05, 0.1) is 0 Å². The monoisotopic (exact) mass is 392 g/mol. The van der Waals surface area contributed by atoms with Crippen molar-refractivity contribution in [2.45, 2.75) is 32.3 Å². The zero-order valence-electron chi connectivity index (χ0n) is 16.8. The summed E-state index contributed by atoms with van der Waals surface area (Å²) in [6.07, 6.45) is 3.56. The summed E-state index contributed by atoms with van der Waals surface area (Å²) in [5.74, 6) is 0.168. The van der Waals surface area contributed by atoms with Gasteiger partial charge in [0.1, 0.15) is 6.61 Å². The molecule has 1 amide bonds. The van der Waals surface area contributed by atoms with Crippen LogP contribution in [0.15, 0.2) is 54.6 Å². The predicted molar refractivity (Wildman–Crippen MR) is 113 cm³/mol. The van der Waals surface area contributed by atoms with Crippen LogP contribution in [0.25, 0.3) is 0 Å². The highest BCUT2D eigenvalue weighted by atomic mass is 16.6. The van der Waals surface area contributed by atoms with E-state index in [1.807, 2.05) is 42.5 Å². The molecule has 5 nitrogen and oxygen atoms in total. The van der Waals surface area contributed by atoms with E-state index < -0.39 is 0 Å². The third-order valence-electron chi connectivity index (χ3n) is 5.95. The summed E-state index contributed by atoms with van der Waals surface area (Å²) in [4.78, 5) is 29.2. The van der Waals surface area contributed by atoms with Crippen molar-refractivity contribution in [3.05, 3.63) is 65.7 Å². The van der Waals surface area contributed by atoms with Gasteiger partial charge in [-0.05, 0) is 55.5 Å². The second kappa shape index (κ2) is 9.12. The summed E-state index contributed by atoms with van der Waals surface area (Å²) in [6, 6.07) is 17.7. The number of anilines is 1. The van der Waals surface area contributed by atoms with Crippen LogP contribution in [-0.2, 0) is 11.3 Å². The molecule has 0 radical (unpaired) electrons. The maximum Gasteiger partial charge on any atom is 0.410 e. The fourth-order valence-corrected chi connectivity index (χ4v) is 4.18. The first-order valence-corrected chi connectivity index (χ1v) is 10.6. The van der Waals surface area contributed by atoms with E-state index in [1.165, 1.54) is 18.5 Å². The minimum absolute atomic E-state index is 0.0224. The standard InChI is InChI=1S/C24H28N2O3/c27-23(20-8-10-22(11-9-20)25-14-4-5-15-25)21-12-16-26(17-13-21)24(28)29-18-19-6-2-1-3-7-19/h1-3,6-11,21H,4-5,12-18H2. The van der Waals surface area contributed by atoms with E-state index in [1.54, 1.807) is 4.90 Å². The smallest absolute Gasteiger partial charge is 0.410 e. The highest BCUT2D eigenvalue weighted by molar-refractivity contribution is 5.98. The lowest BCUT2D eigenvalue weighted by Gasteiger charge is -2.30. The van der Waals surface area contributed by atoms with Gasteiger partial charge < -0.3 is 14.5 Å². The number of Topliss-reactive ketones (excluding diaryl/α,β-unsaturated/α-hetero) is 1. The maximum atomic E-state index is 12.9. The van der Waals surface area contributed by atoms with E-state index in [9.17, 15) is 9.59 Å². The Kier molecular flexibility index (Phi) is 6.13. The Hall–Kier alpha value is -2.82. The first-order chi connectivity index (χ1) is 14.2. The summed E-state index contributed by atoms with van der Waals surface area (Å²) >= 11 is 0. The zero-order chi connectivity index (χ0) is 20.1. The number of carbonyl (C=O) groups is 2. The third kappa shape index (κ3) is 4.78. The molecule has 0 atom stereocenters. The molecule has 0 bridgehead atoms. The number of amides is 1. The van der Waals surface area contributed by atoms with Crippen molar-refractivity contribution in [3.8, 4) is 0 Å². The second-order valence-corrected chi connectivity index (χ2v) is 7.91. The number of rotatable bonds is 5. The number of hydrogen-bond donors (Lipinski definition) is 0. The summed E-state index contributed by atoms with van der Waals surface area (Å²) in [5.41, 5.74) is 2.95. The van der Waals surface area contributed by atoms with Crippen molar-refractivity contribution < 1.29 is 14.3 Å². The van der Waals surface area contributed by atoms with Gasteiger partial charge in [-0.1, -0.05) is 30.3 Å². The van der Waals surface area contributed by atoms with Crippen LogP contribution in [0.5, 0.6) is 0 Å². The number of likely N-dealkylation sites (tertiary alicyclic amines) is 1. The number of hydrogen-bond acceptors (Lipinski definition) is 4. The summed E-state index contributed by atoms with van der Waals surface area (Å²) in [6.45, 7) is 3.62. The molecule has 0 saturated carbocycles. The lowest BCUT2D eigenvalue weighted by atomic mass is 9.89. The predicted octanol–water partition coefficient (Wildman–Crippen LogP) is 4.52. The molecule has 0 unspecified atom stereocenters. The van der Waals surface area contributed by atoms with Gasteiger partial charge in [0.15, 0.2) is 5.78 Å². The highest BCUT2D eigenvalue weighted by Gasteiger charge is 2.28. The molecule has 2 aliphatic heterocycles. The molecule has 29 heavy (non-hydrogen) atoms. The Morgan fingerprint density at radius 3 is 2.17 bits per heavy atom. The second-order valence-electron chi connectivity index (χ2n) is 7.91. The molecular weight excluding hydrogens is 364 g/mol. The molecule has 2 aromatic carbocycles. The first-order valence-electron chi connectivity index (χ1n) is 10.6. The normalized spacial score (nSPS) is 17.4. The summed E-state index contributed by atoms with van der Waals surface area (Å²) in [7, 11) is 0. The van der Waals surface area contributed by atoms with Gasteiger partial charge in [-0.2, -0.15) is 0 Å². The Morgan fingerprint density at radius 2 is 1.52 bits per heavy atom. The van der Waals surface area contributed by atoms with Crippen LogP contribution in [-0.4, -0.2) is 43.0 Å². The number of carbonyl (C=O) groups excluding carboxylic acids is 2. The Balaban J connectivity index is 1.26. The fraction of sp³-hybridized carbons (Fsp3) is 0.417. The van der Waals surface area contributed by atoms with Gasteiger partial charge >= 0.3 is 6.09 Å². The van der Waals surface area contributed by atoms with Crippen LogP contribution < -0.4 is 4.90 Å². The fourth-order valence-electron chi connectivity index (χ4n) is 4.18. The van der Waals surface area contributed by atoms with Crippen molar-refractivity contribution in [3.63, 3.8) is 0 Å². The molecule has 0 N–H and O–H groups in total. The molecule has 2 fully saturated rings. The number of benzene rings is 2. The van der Waals surface area contributed by atoms with E-state index in [-0.39, 0.29) is 24.4 Å². The van der Waals surface area contributed by atoms with Gasteiger partial charge in [-0.25, -0.2) is 4.79 Å². The van der Waals surface area contributed by atoms with Crippen LogP contribution >= 0.6 is 0 Å². The third-order valence-corrected chi connectivity index (χ3v) is 5.95. The van der Waals surface area contributed by atoms with Crippen LogP contribution in [0.4, 0.5) is 10.5 Å². The average molecular weight is 392 g/mol.